The summed E-state index contributed by atoms with van der Waals surface area (Å²) in [5, 5.41) is 2.69. The Bertz CT molecular complexity index is 378. The molecule has 0 amide bonds. The van der Waals surface area contributed by atoms with Gasteiger partial charge < -0.3 is 15.0 Å². The number of piperidine rings is 1. The van der Waals surface area contributed by atoms with Crippen molar-refractivity contribution in [1.29, 1.82) is 0 Å². The van der Waals surface area contributed by atoms with Gasteiger partial charge in [0.1, 0.15) is 0 Å². The van der Waals surface area contributed by atoms with Gasteiger partial charge in [-0.3, -0.25) is 9.79 Å². The Labute approximate surface area is 145 Å². The molecule has 1 unspecified atom stereocenters. The van der Waals surface area contributed by atoms with Gasteiger partial charge in [-0.15, -0.1) is 24.0 Å². The van der Waals surface area contributed by atoms with Crippen LogP contribution >= 0.6 is 24.0 Å². The Morgan fingerprint density at radius 2 is 2.14 bits per heavy atom. The second-order valence-electron chi connectivity index (χ2n) is 4.88. The standard InChI is InChI=1S/C13H22F3N3O2.HI/c1-3-21-11(20)10-5-4-8-19(9-10)12(17-2)18-7-6-13(14,15)16;/h10H,3-9H2,1-2H3,(H,17,18);1H. The summed E-state index contributed by atoms with van der Waals surface area (Å²) >= 11 is 0. The average molecular weight is 437 g/mol. The van der Waals surface area contributed by atoms with E-state index in [1.807, 2.05) is 4.90 Å². The van der Waals surface area contributed by atoms with Crippen LogP contribution in [0.3, 0.4) is 0 Å². The number of nitrogens with one attached hydrogen (secondary N) is 1. The fraction of sp³-hybridized carbons (Fsp3) is 0.846. The van der Waals surface area contributed by atoms with Crippen LogP contribution in [0.15, 0.2) is 4.99 Å². The fourth-order valence-electron chi connectivity index (χ4n) is 2.27. The van der Waals surface area contributed by atoms with Crippen LogP contribution in [0.5, 0.6) is 0 Å². The molecule has 0 aromatic carbocycles. The predicted molar refractivity (Wildman–Crippen MR) is 88.4 cm³/mol. The van der Waals surface area contributed by atoms with Gasteiger partial charge >= 0.3 is 12.1 Å². The van der Waals surface area contributed by atoms with Gasteiger partial charge in [-0.2, -0.15) is 13.2 Å². The molecule has 1 rings (SSSR count). The Hall–Kier alpha value is -0.740. The van der Waals surface area contributed by atoms with E-state index in [2.05, 4.69) is 10.3 Å². The first-order chi connectivity index (χ1) is 9.87. The lowest BCUT2D eigenvalue weighted by Gasteiger charge is -2.34. The van der Waals surface area contributed by atoms with Gasteiger partial charge in [-0.05, 0) is 19.8 Å². The number of hydrogen-bond acceptors (Lipinski definition) is 3. The minimum Gasteiger partial charge on any atom is -0.466 e. The minimum atomic E-state index is -4.19. The first-order valence-corrected chi connectivity index (χ1v) is 7.06. The maximum absolute atomic E-state index is 12.2. The van der Waals surface area contributed by atoms with Gasteiger partial charge in [0.25, 0.3) is 0 Å². The molecule has 1 aliphatic heterocycles. The average Bonchev–Trinajstić information content (AvgIpc) is 2.43. The van der Waals surface area contributed by atoms with E-state index < -0.39 is 12.6 Å². The number of rotatable bonds is 4. The molecule has 1 atom stereocenters. The molecular formula is C13H23F3IN3O2. The highest BCUT2D eigenvalue weighted by molar-refractivity contribution is 14.0. The molecule has 1 N–H and O–H groups in total. The topological polar surface area (TPSA) is 53.9 Å². The van der Waals surface area contributed by atoms with Crippen molar-refractivity contribution in [3.8, 4) is 0 Å². The number of alkyl halides is 3. The number of likely N-dealkylation sites (tertiary alicyclic amines) is 1. The number of guanidine groups is 1. The summed E-state index contributed by atoms with van der Waals surface area (Å²) in [7, 11) is 1.52. The molecule has 1 saturated heterocycles. The number of carbonyl (C=O) groups excluding carboxylic acids is 1. The van der Waals surface area contributed by atoms with Crippen LogP contribution in [0, 0.1) is 5.92 Å². The number of esters is 1. The summed E-state index contributed by atoms with van der Waals surface area (Å²) in [4.78, 5) is 17.5. The summed E-state index contributed by atoms with van der Waals surface area (Å²) in [5.41, 5.74) is 0. The number of nitrogens with zero attached hydrogens (tertiary/aromatic N) is 2. The second-order valence-corrected chi connectivity index (χ2v) is 4.88. The molecule has 1 aliphatic rings. The van der Waals surface area contributed by atoms with E-state index in [4.69, 9.17) is 4.74 Å². The molecule has 9 heteroatoms. The van der Waals surface area contributed by atoms with E-state index in [1.165, 1.54) is 7.05 Å². The maximum Gasteiger partial charge on any atom is 0.390 e. The summed E-state index contributed by atoms with van der Waals surface area (Å²) in [6.07, 6.45) is -3.60. The molecule has 0 radical (unpaired) electrons. The monoisotopic (exact) mass is 437 g/mol. The first-order valence-electron chi connectivity index (χ1n) is 7.06. The Kier molecular flexibility index (Phi) is 9.77. The second kappa shape index (κ2) is 10.1. The number of ether oxygens (including phenoxy) is 1. The zero-order chi connectivity index (χ0) is 15.9. The third kappa shape index (κ3) is 7.50. The van der Waals surface area contributed by atoms with Crippen molar-refractivity contribution < 1.29 is 22.7 Å². The summed E-state index contributed by atoms with van der Waals surface area (Å²) in [5.74, 6) is -0.110. The van der Waals surface area contributed by atoms with Crippen LogP contribution in [-0.2, 0) is 9.53 Å². The SMILES string of the molecule is CCOC(=O)C1CCCN(C(=NC)NCCC(F)(F)F)C1.I. The third-order valence-corrected chi connectivity index (χ3v) is 3.24. The molecule has 0 spiro atoms. The highest BCUT2D eigenvalue weighted by Crippen LogP contribution is 2.19. The predicted octanol–water partition coefficient (Wildman–Crippen LogP) is 2.41. The van der Waals surface area contributed by atoms with Crippen LogP contribution in [0.1, 0.15) is 26.2 Å². The fourth-order valence-corrected chi connectivity index (χ4v) is 2.27. The molecule has 0 bridgehead atoms. The van der Waals surface area contributed by atoms with Gasteiger partial charge in [-0.1, -0.05) is 0 Å². The van der Waals surface area contributed by atoms with E-state index in [0.29, 0.717) is 25.7 Å². The maximum atomic E-state index is 12.2. The van der Waals surface area contributed by atoms with E-state index in [-0.39, 0.29) is 42.4 Å². The molecule has 1 heterocycles. The number of aliphatic imine (C=N–C) groups is 1. The number of hydrogen-bond donors (Lipinski definition) is 1. The van der Waals surface area contributed by atoms with Gasteiger partial charge in [0.15, 0.2) is 5.96 Å². The van der Waals surface area contributed by atoms with Gasteiger partial charge in [0.05, 0.1) is 18.9 Å². The van der Waals surface area contributed by atoms with Crippen LogP contribution in [-0.4, -0.2) is 56.3 Å². The molecule has 130 valence electrons. The van der Waals surface area contributed by atoms with Crippen molar-refractivity contribution in [2.75, 3.05) is 33.3 Å². The molecule has 0 aromatic heterocycles. The largest absolute Gasteiger partial charge is 0.466 e. The lowest BCUT2D eigenvalue weighted by molar-refractivity contribution is -0.149. The Morgan fingerprint density at radius 3 is 2.68 bits per heavy atom. The normalized spacial score (nSPS) is 19.4. The number of carbonyl (C=O) groups is 1. The molecule has 0 aromatic rings. The quantitative estimate of drug-likeness (QED) is 0.318. The summed E-state index contributed by atoms with van der Waals surface area (Å²) < 4.78 is 41.4. The number of halogens is 4. The van der Waals surface area contributed by atoms with E-state index >= 15 is 0 Å². The Morgan fingerprint density at radius 1 is 1.45 bits per heavy atom. The van der Waals surface area contributed by atoms with Crippen molar-refractivity contribution in [2.24, 2.45) is 10.9 Å². The van der Waals surface area contributed by atoms with Crippen LogP contribution < -0.4 is 5.32 Å². The molecule has 0 aliphatic carbocycles. The van der Waals surface area contributed by atoms with Crippen molar-refractivity contribution >= 4 is 35.9 Å². The van der Waals surface area contributed by atoms with E-state index in [0.717, 1.165) is 12.8 Å². The molecule has 1 fully saturated rings. The molecule has 0 saturated carbocycles. The van der Waals surface area contributed by atoms with Crippen molar-refractivity contribution in [3.63, 3.8) is 0 Å². The smallest absolute Gasteiger partial charge is 0.390 e. The van der Waals surface area contributed by atoms with Crippen LogP contribution in [0.2, 0.25) is 0 Å². The zero-order valence-corrected chi connectivity index (χ0v) is 15.1. The van der Waals surface area contributed by atoms with Crippen molar-refractivity contribution in [1.82, 2.24) is 10.2 Å². The minimum absolute atomic E-state index is 0. The van der Waals surface area contributed by atoms with Crippen molar-refractivity contribution in [3.05, 3.63) is 0 Å². The summed E-state index contributed by atoms with van der Waals surface area (Å²) in [6.45, 7) is 2.94. The van der Waals surface area contributed by atoms with Gasteiger partial charge in [0, 0.05) is 26.7 Å². The summed E-state index contributed by atoms with van der Waals surface area (Å²) in [6, 6.07) is 0. The van der Waals surface area contributed by atoms with Gasteiger partial charge in [-0.25, -0.2) is 0 Å². The van der Waals surface area contributed by atoms with E-state index in [1.54, 1.807) is 6.92 Å². The van der Waals surface area contributed by atoms with E-state index in [9.17, 15) is 18.0 Å². The lowest BCUT2D eigenvalue weighted by Crippen LogP contribution is -2.48. The third-order valence-electron chi connectivity index (χ3n) is 3.24. The lowest BCUT2D eigenvalue weighted by atomic mass is 9.98. The first kappa shape index (κ1) is 21.3. The molecule has 22 heavy (non-hydrogen) atoms. The molecular weight excluding hydrogens is 414 g/mol. The zero-order valence-electron chi connectivity index (χ0n) is 12.8. The van der Waals surface area contributed by atoms with Crippen LogP contribution in [0.4, 0.5) is 13.2 Å². The molecule has 5 nitrogen and oxygen atoms in total. The highest BCUT2D eigenvalue weighted by atomic mass is 127. The Balaban J connectivity index is 0.00000441. The van der Waals surface area contributed by atoms with Gasteiger partial charge in [0.2, 0.25) is 0 Å². The van der Waals surface area contributed by atoms with Crippen LogP contribution in [0.25, 0.3) is 0 Å². The highest BCUT2D eigenvalue weighted by Gasteiger charge is 2.30. The van der Waals surface area contributed by atoms with Crippen molar-refractivity contribution in [2.45, 2.75) is 32.4 Å².